The van der Waals surface area contributed by atoms with Crippen LogP contribution in [0.4, 0.5) is 5.13 Å². The second kappa shape index (κ2) is 12.7. The SMILES string of the molecule is C=CCOC(=O)c1sc(N2C(=O)C(=O)/C(=C(/O)c3ccc(OC)cc3)C2c2cccc(OCc3ccccc3)c2)nc1C. The third-order valence-electron chi connectivity index (χ3n) is 6.74. The van der Waals surface area contributed by atoms with Crippen LogP contribution in [0.5, 0.6) is 11.5 Å². The molecular weight excluding hydrogens is 568 g/mol. The van der Waals surface area contributed by atoms with Gasteiger partial charge in [0.15, 0.2) is 5.13 Å². The number of carbonyl (C=O) groups excluding carboxylic acids is 3. The van der Waals surface area contributed by atoms with Crippen molar-refractivity contribution in [2.24, 2.45) is 0 Å². The lowest BCUT2D eigenvalue weighted by atomic mass is 9.95. The van der Waals surface area contributed by atoms with Crippen LogP contribution >= 0.6 is 11.3 Å². The van der Waals surface area contributed by atoms with E-state index >= 15 is 0 Å². The Labute approximate surface area is 252 Å². The first-order valence-electron chi connectivity index (χ1n) is 13.3. The summed E-state index contributed by atoms with van der Waals surface area (Å²) in [7, 11) is 1.52. The summed E-state index contributed by atoms with van der Waals surface area (Å²) in [6.07, 6.45) is 1.44. The van der Waals surface area contributed by atoms with Crippen LogP contribution in [0.15, 0.2) is 97.1 Å². The average Bonchev–Trinajstić information content (AvgIpc) is 3.55. The summed E-state index contributed by atoms with van der Waals surface area (Å²) in [5.41, 5.74) is 2.00. The fourth-order valence-electron chi connectivity index (χ4n) is 4.64. The molecule has 1 saturated heterocycles. The van der Waals surface area contributed by atoms with Gasteiger partial charge < -0.3 is 19.3 Å². The van der Waals surface area contributed by atoms with E-state index in [1.807, 2.05) is 30.3 Å². The van der Waals surface area contributed by atoms with Gasteiger partial charge in [0.1, 0.15) is 35.3 Å². The van der Waals surface area contributed by atoms with Gasteiger partial charge in [0.05, 0.1) is 24.4 Å². The molecule has 1 N–H and O–H groups in total. The molecule has 3 aromatic carbocycles. The minimum atomic E-state index is -1.06. The number of aliphatic hydroxyl groups is 1. The number of methoxy groups -OCH3 is 1. The van der Waals surface area contributed by atoms with Gasteiger partial charge in [-0.3, -0.25) is 14.5 Å². The highest BCUT2D eigenvalue weighted by atomic mass is 32.1. The Kier molecular flexibility index (Phi) is 8.68. The Hall–Kier alpha value is -5.22. The molecule has 10 heteroatoms. The number of anilines is 1. The van der Waals surface area contributed by atoms with Crippen molar-refractivity contribution < 1.29 is 33.7 Å². The van der Waals surface area contributed by atoms with Crippen molar-refractivity contribution in [2.45, 2.75) is 19.6 Å². The number of benzene rings is 3. The zero-order chi connectivity index (χ0) is 30.5. The van der Waals surface area contributed by atoms with Crippen LogP contribution in [-0.4, -0.2) is 41.5 Å². The third kappa shape index (κ3) is 6.05. The molecule has 0 saturated carbocycles. The predicted molar refractivity (Wildman–Crippen MR) is 162 cm³/mol. The summed E-state index contributed by atoms with van der Waals surface area (Å²) in [6, 6.07) is 22.0. The highest BCUT2D eigenvalue weighted by molar-refractivity contribution is 7.17. The Morgan fingerprint density at radius 2 is 1.79 bits per heavy atom. The highest BCUT2D eigenvalue weighted by Crippen LogP contribution is 2.44. The lowest BCUT2D eigenvalue weighted by Gasteiger charge is -2.23. The number of ketones is 1. The maximum absolute atomic E-state index is 13.6. The number of rotatable bonds is 10. The molecule has 9 nitrogen and oxygen atoms in total. The van der Waals surface area contributed by atoms with Gasteiger partial charge in [0.25, 0.3) is 5.78 Å². The van der Waals surface area contributed by atoms with Crippen LogP contribution in [0, 0.1) is 6.92 Å². The van der Waals surface area contributed by atoms with Crippen LogP contribution < -0.4 is 14.4 Å². The zero-order valence-electron chi connectivity index (χ0n) is 23.5. The molecule has 1 aromatic heterocycles. The summed E-state index contributed by atoms with van der Waals surface area (Å²) >= 11 is 0.927. The monoisotopic (exact) mass is 596 g/mol. The maximum Gasteiger partial charge on any atom is 0.350 e. The molecule has 0 spiro atoms. The largest absolute Gasteiger partial charge is 0.507 e. The molecule has 1 unspecified atom stereocenters. The topological polar surface area (TPSA) is 115 Å². The van der Waals surface area contributed by atoms with Gasteiger partial charge in [-0.05, 0) is 54.4 Å². The first kappa shape index (κ1) is 29.3. The quantitative estimate of drug-likeness (QED) is 0.0779. The number of Topliss-reactive ketones (excluding diaryl/α,β-unsaturated/α-hetero) is 1. The Bertz CT molecular complexity index is 1710. The molecule has 4 aromatic rings. The smallest absolute Gasteiger partial charge is 0.350 e. The normalized spacial score (nSPS) is 15.8. The van der Waals surface area contributed by atoms with Crippen molar-refractivity contribution in [1.82, 2.24) is 4.98 Å². The summed E-state index contributed by atoms with van der Waals surface area (Å²) in [4.78, 5) is 45.7. The van der Waals surface area contributed by atoms with E-state index in [4.69, 9.17) is 14.2 Å². The number of carbonyl (C=O) groups is 3. The van der Waals surface area contributed by atoms with Gasteiger partial charge in [-0.1, -0.05) is 66.5 Å². The minimum Gasteiger partial charge on any atom is -0.507 e. The fraction of sp³-hybridized carbons (Fsp3) is 0.152. The molecule has 218 valence electrons. The number of nitrogens with zero attached hydrogens (tertiary/aromatic N) is 2. The number of aromatic nitrogens is 1. The number of ether oxygens (including phenoxy) is 3. The predicted octanol–water partition coefficient (Wildman–Crippen LogP) is 6.01. The summed E-state index contributed by atoms with van der Waals surface area (Å²) < 4.78 is 16.4. The molecular formula is C33H28N2O7S. The molecule has 0 aliphatic carbocycles. The first-order valence-corrected chi connectivity index (χ1v) is 14.1. The van der Waals surface area contributed by atoms with E-state index in [2.05, 4.69) is 11.6 Å². The van der Waals surface area contributed by atoms with E-state index in [9.17, 15) is 19.5 Å². The number of hydrogen-bond acceptors (Lipinski definition) is 9. The van der Waals surface area contributed by atoms with E-state index in [0.29, 0.717) is 34.9 Å². The van der Waals surface area contributed by atoms with Crippen LogP contribution in [-0.2, 0) is 20.9 Å². The molecule has 1 aliphatic rings. The second-order valence-electron chi connectivity index (χ2n) is 9.54. The average molecular weight is 597 g/mol. The van der Waals surface area contributed by atoms with Crippen molar-refractivity contribution in [3.8, 4) is 11.5 Å². The number of thiazole rings is 1. The Morgan fingerprint density at radius 3 is 2.49 bits per heavy atom. The van der Waals surface area contributed by atoms with Crippen LogP contribution in [0.2, 0.25) is 0 Å². The standard InChI is InChI=1S/C33H28N2O7S/c1-4-17-41-32(39)30-20(2)34-33(43-30)35-27(23-11-8-12-25(18-23)42-19-21-9-6-5-7-10-21)26(29(37)31(35)38)28(36)22-13-15-24(40-3)16-14-22/h4-16,18,27,36H,1,17,19H2,2-3H3/b28-26+. The lowest BCUT2D eigenvalue weighted by Crippen LogP contribution is -2.29. The fourth-order valence-corrected chi connectivity index (χ4v) is 5.63. The summed E-state index contributed by atoms with van der Waals surface area (Å²) in [5.74, 6) is -1.70. The summed E-state index contributed by atoms with van der Waals surface area (Å²) in [5, 5.41) is 11.6. The Balaban J connectivity index is 1.60. The van der Waals surface area contributed by atoms with Gasteiger partial charge in [-0.15, -0.1) is 0 Å². The summed E-state index contributed by atoms with van der Waals surface area (Å²) in [6.45, 7) is 5.48. The molecule has 1 amide bonds. The van der Waals surface area contributed by atoms with Gasteiger partial charge in [-0.2, -0.15) is 0 Å². The molecule has 0 radical (unpaired) electrons. The number of hydrogen-bond donors (Lipinski definition) is 1. The second-order valence-corrected chi connectivity index (χ2v) is 10.5. The molecule has 1 aliphatic heterocycles. The van der Waals surface area contributed by atoms with E-state index in [1.54, 1.807) is 55.5 Å². The molecule has 2 heterocycles. The molecule has 1 fully saturated rings. The molecule has 1 atom stereocenters. The maximum atomic E-state index is 13.6. The number of aryl methyl sites for hydroxylation is 1. The Morgan fingerprint density at radius 1 is 1.05 bits per heavy atom. The van der Waals surface area contributed by atoms with Gasteiger partial charge in [-0.25, -0.2) is 9.78 Å². The molecule has 0 bridgehead atoms. The minimum absolute atomic E-state index is 0.00759. The number of aliphatic hydroxyl groups excluding tert-OH is 1. The van der Waals surface area contributed by atoms with E-state index in [0.717, 1.165) is 16.9 Å². The van der Waals surface area contributed by atoms with Crippen LogP contribution in [0.25, 0.3) is 5.76 Å². The number of amides is 1. The lowest BCUT2D eigenvalue weighted by molar-refractivity contribution is -0.132. The van der Waals surface area contributed by atoms with Gasteiger partial charge in [0, 0.05) is 5.56 Å². The van der Waals surface area contributed by atoms with E-state index < -0.39 is 23.7 Å². The van der Waals surface area contributed by atoms with Crippen molar-refractivity contribution in [3.05, 3.63) is 124 Å². The van der Waals surface area contributed by atoms with Crippen molar-refractivity contribution in [2.75, 3.05) is 18.6 Å². The van der Waals surface area contributed by atoms with Crippen LogP contribution in [0.1, 0.15) is 38.1 Å². The van der Waals surface area contributed by atoms with Crippen molar-refractivity contribution >= 4 is 39.9 Å². The van der Waals surface area contributed by atoms with E-state index in [-0.39, 0.29) is 27.9 Å². The third-order valence-corrected chi connectivity index (χ3v) is 7.88. The molecule has 5 rings (SSSR count). The van der Waals surface area contributed by atoms with E-state index in [1.165, 1.54) is 18.1 Å². The number of esters is 1. The zero-order valence-corrected chi connectivity index (χ0v) is 24.3. The molecule has 43 heavy (non-hydrogen) atoms. The van der Waals surface area contributed by atoms with Gasteiger partial charge >= 0.3 is 11.9 Å². The van der Waals surface area contributed by atoms with Crippen molar-refractivity contribution in [1.29, 1.82) is 0 Å². The highest BCUT2D eigenvalue weighted by Gasteiger charge is 2.48. The van der Waals surface area contributed by atoms with Gasteiger partial charge in [0.2, 0.25) is 0 Å². The van der Waals surface area contributed by atoms with Crippen molar-refractivity contribution in [3.63, 3.8) is 0 Å². The van der Waals surface area contributed by atoms with Crippen LogP contribution in [0.3, 0.4) is 0 Å². The first-order chi connectivity index (χ1) is 20.8.